The van der Waals surface area contributed by atoms with Gasteiger partial charge in [-0.3, -0.25) is 4.90 Å². The number of aromatic nitrogens is 2. The number of nitrogens with one attached hydrogen (secondary N) is 1. The summed E-state index contributed by atoms with van der Waals surface area (Å²) in [4.78, 5) is 33.4. The van der Waals surface area contributed by atoms with Gasteiger partial charge in [-0.2, -0.15) is 0 Å². The summed E-state index contributed by atoms with van der Waals surface area (Å²) >= 11 is 0. The average Bonchev–Trinajstić information content (AvgIpc) is 3.35. The normalized spacial score (nSPS) is 23.6. The first-order valence-electron chi connectivity index (χ1n) is 13.7. The molecule has 4 heterocycles. The minimum Gasteiger partial charge on any atom is -0.453 e. The molecule has 0 spiro atoms. The zero-order valence-corrected chi connectivity index (χ0v) is 22.5. The minimum absolute atomic E-state index is 0.289. The smallest absolute Gasteiger partial charge is 0.409 e. The van der Waals surface area contributed by atoms with Gasteiger partial charge in [0.15, 0.2) is 0 Å². The van der Waals surface area contributed by atoms with Crippen molar-refractivity contribution in [3.05, 3.63) is 52.9 Å². The maximum Gasteiger partial charge on any atom is 0.409 e. The summed E-state index contributed by atoms with van der Waals surface area (Å²) in [7, 11) is 1.42. The minimum atomic E-state index is -0.477. The molecule has 2 fully saturated rings. The number of amides is 2. The number of hydrogen-bond donors (Lipinski definition) is 1. The van der Waals surface area contributed by atoms with Gasteiger partial charge in [-0.1, -0.05) is 12.1 Å². The number of hydrogen-bond acceptors (Lipinski definition) is 6. The van der Waals surface area contributed by atoms with Gasteiger partial charge in [0, 0.05) is 43.3 Å². The van der Waals surface area contributed by atoms with Crippen LogP contribution in [0.2, 0.25) is 0 Å². The second kappa shape index (κ2) is 11.3. The predicted octanol–water partition coefficient (Wildman–Crippen LogP) is 4.50. The number of piperidine rings is 1. The van der Waals surface area contributed by atoms with E-state index in [1.807, 2.05) is 6.07 Å². The van der Waals surface area contributed by atoms with E-state index in [1.165, 1.54) is 24.9 Å². The van der Waals surface area contributed by atoms with E-state index in [9.17, 15) is 14.0 Å². The Morgan fingerprint density at radius 1 is 1.21 bits per heavy atom. The van der Waals surface area contributed by atoms with Gasteiger partial charge >= 0.3 is 12.2 Å². The SMILES string of the molecule is CCOC(=O)N[C@@H](CCN1C2CCC1CC(n1c(C)nc3c1CCN(C(=O)OC)C3)C2)c1cccc(F)c1. The van der Waals surface area contributed by atoms with Crippen LogP contribution in [0.25, 0.3) is 0 Å². The molecule has 38 heavy (non-hydrogen) atoms. The highest BCUT2D eigenvalue weighted by molar-refractivity contribution is 5.68. The van der Waals surface area contributed by atoms with E-state index in [2.05, 4.69) is 21.7 Å². The lowest BCUT2D eigenvalue weighted by Crippen LogP contribution is -2.45. The number of fused-ring (bicyclic) bond motifs is 3. The summed E-state index contributed by atoms with van der Waals surface area (Å²) in [5.41, 5.74) is 2.99. The summed E-state index contributed by atoms with van der Waals surface area (Å²) < 4.78 is 26.4. The lowest BCUT2D eigenvalue weighted by atomic mass is 9.95. The van der Waals surface area contributed by atoms with Crippen LogP contribution in [0.3, 0.4) is 0 Å². The van der Waals surface area contributed by atoms with Gasteiger partial charge in [-0.05, 0) is 63.6 Å². The van der Waals surface area contributed by atoms with Crippen LogP contribution >= 0.6 is 0 Å². The van der Waals surface area contributed by atoms with Gasteiger partial charge in [0.05, 0.1) is 32.0 Å². The van der Waals surface area contributed by atoms with Gasteiger partial charge in [0.1, 0.15) is 11.6 Å². The maximum absolute atomic E-state index is 14.0. The lowest BCUT2D eigenvalue weighted by molar-refractivity contribution is 0.0975. The van der Waals surface area contributed by atoms with Gasteiger partial charge in [-0.25, -0.2) is 19.0 Å². The first-order valence-corrected chi connectivity index (χ1v) is 13.7. The quantitative estimate of drug-likeness (QED) is 0.571. The molecule has 206 valence electrons. The number of carbonyl (C=O) groups is 2. The second-order valence-corrected chi connectivity index (χ2v) is 10.6. The molecule has 2 saturated heterocycles. The van der Waals surface area contributed by atoms with Crippen molar-refractivity contribution in [2.45, 2.75) is 83.1 Å². The fourth-order valence-corrected chi connectivity index (χ4v) is 6.77. The van der Waals surface area contributed by atoms with Crippen LogP contribution in [0.4, 0.5) is 14.0 Å². The molecule has 3 aliphatic rings. The van der Waals surface area contributed by atoms with Crippen molar-refractivity contribution in [1.82, 2.24) is 24.7 Å². The van der Waals surface area contributed by atoms with Crippen LogP contribution in [-0.2, 0) is 22.4 Å². The van der Waals surface area contributed by atoms with Crippen LogP contribution < -0.4 is 5.32 Å². The van der Waals surface area contributed by atoms with Crippen molar-refractivity contribution in [1.29, 1.82) is 0 Å². The first-order chi connectivity index (χ1) is 18.4. The highest BCUT2D eigenvalue weighted by Gasteiger charge is 2.42. The Bertz CT molecular complexity index is 1160. The molecule has 1 aromatic heterocycles. The van der Waals surface area contributed by atoms with E-state index >= 15 is 0 Å². The number of imidazole rings is 1. The molecular weight excluding hydrogens is 489 g/mol. The van der Waals surface area contributed by atoms with Gasteiger partial charge in [0.2, 0.25) is 0 Å². The van der Waals surface area contributed by atoms with Crippen molar-refractivity contribution in [2.24, 2.45) is 0 Å². The van der Waals surface area contributed by atoms with E-state index in [1.54, 1.807) is 17.9 Å². The molecule has 2 unspecified atom stereocenters. The van der Waals surface area contributed by atoms with Crippen molar-refractivity contribution >= 4 is 12.2 Å². The van der Waals surface area contributed by atoms with Crippen molar-refractivity contribution in [3.63, 3.8) is 0 Å². The van der Waals surface area contributed by atoms with E-state index in [0.29, 0.717) is 37.6 Å². The molecule has 2 aromatic rings. The number of alkyl carbamates (subject to hydrolysis) is 1. The predicted molar refractivity (Wildman–Crippen MR) is 139 cm³/mol. The molecular formula is C28H38FN5O4. The van der Waals surface area contributed by atoms with Crippen LogP contribution in [-0.4, -0.2) is 70.4 Å². The molecule has 2 bridgehead atoms. The third kappa shape index (κ3) is 5.36. The number of methoxy groups -OCH3 is 1. The fourth-order valence-electron chi connectivity index (χ4n) is 6.77. The fraction of sp³-hybridized carbons (Fsp3) is 0.607. The van der Waals surface area contributed by atoms with Crippen LogP contribution in [0.15, 0.2) is 24.3 Å². The van der Waals surface area contributed by atoms with E-state index in [4.69, 9.17) is 14.5 Å². The largest absolute Gasteiger partial charge is 0.453 e. The molecule has 3 atom stereocenters. The molecule has 0 radical (unpaired) electrons. The molecule has 5 rings (SSSR count). The number of benzene rings is 1. The maximum atomic E-state index is 14.0. The Labute approximate surface area is 223 Å². The van der Waals surface area contributed by atoms with Crippen LogP contribution in [0, 0.1) is 12.7 Å². The van der Waals surface area contributed by atoms with E-state index in [0.717, 1.165) is 55.7 Å². The van der Waals surface area contributed by atoms with E-state index in [-0.39, 0.29) is 24.6 Å². The summed E-state index contributed by atoms with van der Waals surface area (Å²) in [5.74, 6) is 0.706. The second-order valence-electron chi connectivity index (χ2n) is 10.6. The van der Waals surface area contributed by atoms with Crippen LogP contribution in [0.5, 0.6) is 0 Å². The number of halogens is 1. The summed E-state index contributed by atoms with van der Waals surface area (Å²) in [6.07, 6.45) is 5.11. The van der Waals surface area contributed by atoms with Gasteiger partial charge in [0.25, 0.3) is 0 Å². The van der Waals surface area contributed by atoms with Crippen molar-refractivity contribution in [3.8, 4) is 0 Å². The molecule has 0 aliphatic carbocycles. The molecule has 0 saturated carbocycles. The zero-order chi connectivity index (χ0) is 26.8. The Hall–Kier alpha value is -3.14. The van der Waals surface area contributed by atoms with Crippen molar-refractivity contribution < 1.29 is 23.5 Å². The summed E-state index contributed by atoms with van der Waals surface area (Å²) in [6, 6.07) is 7.43. The Balaban J connectivity index is 1.26. The van der Waals surface area contributed by atoms with Gasteiger partial charge in [-0.15, -0.1) is 0 Å². The Morgan fingerprint density at radius 2 is 1.97 bits per heavy atom. The third-order valence-corrected chi connectivity index (χ3v) is 8.38. The van der Waals surface area contributed by atoms with Gasteiger partial charge < -0.3 is 24.3 Å². The third-order valence-electron chi connectivity index (χ3n) is 8.38. The molecule has 9 nitrogen and oxygen atoms in total. The number of ether oxygens (including phenoxy) is 2. The van der Waals surface area contributed by atoms with Crippen molar-refractivity contribution in [2.75, 3.05) is 26.8 Å². The highest BCUT2D eigenvalue weighted by Crippen LogP contribution is 2.43. The average molecular weight is 528 g/mol. The molecule has 10 heteroatoms. The zero-order valence-electron chi connectivity index (χ0n) is 22.5. The molecule has 3 aliphatic heterocycles. The molecule has 1 aromatic carbocycles. The highest BCUT2D eigenvalue weighted by atomic mass is 19.1. The number of rotatable bonds is 7. The standard InChI is InChI=1S/C28H38FN5O4/c1-4-38-27(35)31-24(19-6-5-7-20(29)14-19)10-13-33-21-8-9-22(33)16-23(15-21)34-18(2)30-25-17-32(28(36)37-3)12-11-26(25)34/h5-7,14,21-24H,4,8-13,15-17H2,1-3H3,(H,31,35)/t21?,22?,23?,24-/m0/s1. The number of aryl methyl sites for hydroxylation is 1. The monoisotopic (exact) mass is 527 g/mol. The lowest BCUT2D eigenvalue weighted by Gasteiger charge is -2.41. The number of carbonyl (C=O) groups excluding carboxylic acids is 2. The Kier molecular flexibility index (Phi) is 7.88. The summed E-state index contributed by atoms with van der Waals surface area (Å²) in [6.45, 7) is 6.09. The Morgan fingerprint density at radius 3 is 2.66 bits per heavy atom. The molecule has 1 N–H and O–H groups in total. The van der Waals surface area contributed by atoms with Crippen LogP contribution in [0.1, 0.15) is 73.9 Å². The number of nitrogens with zero attached hydrogens (tertiary/aromatic N) is 4. The van der Waals surface area contributed by atoms with E-state index < -0.39 is 6.09 Å². The summed E-state index contributed by atoms with van der Waals surface area (Å²) in [5, 5.41) is 2.94. The topological polar surface area (TPSA) is 88.9 Å². The first kappa shape index (κ1) is 26.5. The molecule has 2 amide bonds.